The van der Waals surface area contributed by atoms with Gasteiger partial charge in [-0.05, 0) is 44.0 Å². The van der Waals surface area contributed by atoms with Crippen molar-refractivity contribution >= 4 is 17.8 Å². The van der Waals surface area contributed by atoms with E-state index in [9.17, 15) is 10.1 Å². The zero-order valence-electron chi connectivity index (χ0n) is 14.1. The van der Waals surface area contributed by atoms with Gasteiger partial charge in [0.15, 0.2) is 17.2 Å². The molecular weight excluding hydrogens is 312 g/mol. The summed E-state index contributed by atoms with van der Waals surface area (Å²) in [5, 5.41) is 14.7. The summed E-state index contributed by atoms with van der Waals surface area (Å²) in [4.78, 5) is 10.5. The normalized spacial score (nSPS) is 12.3. The van der Waals surface area contributed by atoms with E-state index in [1.165, 1.54) is 13.0 Å². The molecule has 0 aliphatic rings. The average molecular weight is 332 g/mol. The molecule has 2 aromatic rings. The minimum Gasteiger partial charge on any atom is -0.493 e. The van der Waals surface area contributed by atoms with Gasteiger partial charge in [0.05, 0.1) is 18.1 Å². The maximum Gasteiger partial charge on any atom is 0.338 e. The maximum atomic E-state index is 11.0. The maximum absolute atomic E-state index is 11.0. The van der Waals surface area contributed by atoms with Crippen LogP contribution in [0, 0.1) is 17.0 Å². The lowest BCUT2D eigenvalue weighted by molar-refractivity contribution is -0.386. The summed E-state index contributed by atoms with van der Waals surface area (Å²) < 4.78 is 16.1. The van der Waals surface area contributed by atoms with Crippen molar-refractivity contribution in [3.05, 3.63) is 45.3 Å². The van der Waals surface area contributed by atoms with Crippen LogP contribution in [0.25, 0.3) is 12.2 Å². The molecule has 0 bridgehead atoms. The highest BCUT2D eigenvalue weighted by molar-refractivity contribution is 5.72. The Kier molecular flexibility index (Phi) is 5.57. The molecule has 0 spiro atoms. The van der Waals surface area contributed by atoms with Gasteiger partial charge in [0, 0.05) is 0 Å². The van der Waals surface area contributed by atoms with Crippen LogP contribution in [0.1, 0.15) is 37.3 Å². The number of aryl methyl sites for hydroxylation is 1. The van der Waals surface area contributed by atoms with E-state index >= 15 is 0 Å². The zero-order chi connectivity index (χ0) is 17.7. The highest BCUT2D eigenvalue weighted by atomic mass is 16.6. The van der Waals surface area contributed by atoms with Crippen molar-refractivity contribution in [1.82, 2.24) is 5.16 Å². The Morgan fingerprint density at radius 3 is 2.75 bits per heavy atom. The van der Waals surface area contributed by atoms with E-state index in [0.717, 1.165) is 12.0 Å². The fourth-order valence-corrected chi connectivity index (χ4v) is 2.07. The molecule has 0 saturated heterocycles. The number of ether oxygens (including phenoxy) is 2. The van der Waals surface area contributed by atoms with Gasteiger partial charge in [0.1, 0.15) is 0 Å². The van der Waals surface area contributed by atoms with E-state index in [-0.39, 0.29) is 23.2 Å². The molecule has 0 fully saturated rings. The number of aromatic nitrogens is 1. The summed E-state index contributed by atoms with van der Waals surface area (Å²) in [6.45, 7) is 5.56. The molecule has 1 aromatic heterocycles. The fraction of sp³-hybridized carbons (Fsp3) is 0.353. The van der Waals surface area contributed by atoms with Gasteiger partial charge in [-0.2, -0.15) is 0 Å². The number of benzene rings is 1. The molecule has 0 radical (unpaired) electrons. The lowest BCUT2D eigenvalue weighted by atomic mass is 10.1. The lowest BCUT2D eigenvalue weighted by Gasteiger charge is -2.15. The molecule has 0 aliphatic carbocycles. The molecule has 128 valence electrons. The molecule has 2 rings (SSSR count). The van der Waals surface area contributed by atoms with Crippen LogP contribution in [-0.4, -0.2) is 23.3 Å². The summed E-state index contributed by atoms with van der Waals surface area (Å²) in [6.07, 6.45) is 4.18. The predicted molar refractivity (Wildman–Crippen MR) is 90.2 cm³/mol. The number of nitro groups is 1. The van der Waals surface area contributed by atoms with Crippen molar-refractivity contribution < 1.29 is 18.9 Å². The van der Waals surface area contributed by atoms with Crippen molar-refractivity contribution in [2.24, 2.45) is 0 Å². The zero-order valence-corrected chi connectivity index (χ0v) is 14.1. The van der Waals surface area contributed by atoms with Crippen LogP contribution in [0.3, 0.4) is 0 Å². The first-order valence-electron chi connectivity index (χ1n) is 7.59. The van der Waals surface area contributed by atoms with Gasteiger partial charge in [0.2, 0.25) is 5.76 Å². The first kappa shape index (κ1) is 17.5. The molecule has 0 amide bonds. The van der Waals surface area contributed by atoms with Crippen LogP contribution >= 0.6 is 0 Å². The Balaban J connectivity index is 2.26. The van der Waals surface area contributed by atoms with Gasteiger partial charge in [-0.15, -0.1) is 0 Å². The van der Waals surface area contributed by atoms with Gasteiger partial charge in [-0.25, -0.2) is 0 Å². The summed E-state index contributed by atoms with van der Waals surface area (Å²) in [7, 11) is 1.57. The van der Waals surface area contributed by atoms with Crippen LogP contribution in [0.15, 0.2) is 22.7 Å². The fourth-order valence-electron chi connectivity index (χ4n) is 2.07. The number of hydrogen-bond donors (Lipinski definition) is 0. The first-order chi connectivity index (χ1) is 11.5. The molecule has 1 heterocycles. The smallest absolute Gasteiger partial charge is 0.338 e. The standard InChI is InChI=1S/C17H20N2O5/c1-5-11(2)23-14-8-6-13(10-16(14)22-4)7-9-15-17(19(20)21)12(3)18-24-15/h6-11H,5H2,1-4H3/b9-7+/t11-/m1/s1. The molecule has 1 atom stereocenters. The second kappa shape index (κ2) is 7.63. The number of hydrogen-bond acceptors (Lipinski definition) is 6. The summed E-state index contributed by atoms with van der Waals surface area (Å²) in [6, 6.07) is 5.44. The highest BCUT2D eigenvalue weighted by Crippen LogP contribution is 2.31. The molecule has 0 aliphatic heterocycles. The summed E-state index contributed by atoms with van der Waals surface area (Å²) in [5.74, 6) is 1.36. The van der Waals surface area contributed by atoms with Crippen molar-refractivity contribution in [2.45, 2.75) is 33.3 Å². The summed E-state index contributed by atoms with van der Waals surface area (Å²) in [5.41, 5.74) is 0.913. The molecule has 0 N–H and O–H groups in total. The number of methoxy groups -OCH3 is 1. The first-order valence-corrected chi connectivity index (χ1v) is 7.59. The third-order valence-corrected chi connectivity index (χ3v) is 3.56. The van der Waals surface area contributed by atoms with Gasteiger partial charge < -0.3 is 14.0 Å². The lowest BCUT2D eigenvalue weighted by Crippen LogP contribution is -2.10. The molecular formula is C17H20N2O5. The molecule has 7 heteroatoms. The van der Waals surface area contributed by atoms with E-state index in [0.29, 0.717) is 11.5 Å². The van der Waals surface area contributed by atoms with Crippen molar-refractivity contribution in [1.29, 1.82) is 0 Å². The van der Waals surface area contributed by atoms with Gasteiger partial charge in [-0.1, -0.05) is 24.2 Å². The highest BCUT2D eigenvalue weighted by Gasteiger charge is 2.21. The Morgan fingerprint density at radius 2 is 2.12 bits per heavy atom. The van der Waals surface area contributed by atoms with Gasteiger partial charge >= 0.3 is 5.69 Å². The van der Waals surface area contributed by atoms with E-state index in [2.05, 4.69) is 5.16 Å². The summed E-state index contributed by atoms with van der Waals surface area (Å²) >= 11 is 0. The molecule has 0 unspecified atom stereocenters. The Hall–Kier alpha value is -2.83. The number of rotatable bonds is 7. The minimum absolute atomic E-state index is 0.0834. The van der Waals surface area contributed by atoms with E-state index in [1.54, 1.807) is 19.3 Å². The van der Waals surface area contributed by atoms with Crippen LogP contribution < -0.4 is 9.47 Å². The predicted octanol–water partition coefficient (Wildman–Crippen LogP) is 4.25. The van der Waals surface area contributed by atoms with Crippen LogP contribution in [-0.2, 0) is 0 Å². The van der Waals surface area contributed by atoms with Crippen LogP contribution in [0.4, 0.5) is 5.69 Å². The monoisotopic (exact) mass is 332 g/mol. The van der Waals surface area contributed by atoms with Gasteiger partial charge in [0.25, 0.3) is 0 Å². The minimum atomic E-state index is -0.505. The quantitative estimate of drug-likeness (QED) is 0.556. The molecule has 7 nitrogen and oxygen atoms in total. The van der Waals surface area contributed by atoms with Crippen molar-refractivity contribution in [2.75, 3.05) is 7.11 Å². The number of nitrogens with zero attached hydrogens (tertiary/aromatic N) is 2. The van der Waals surface area contributed by atoms with Crippen molar-refractivity contribution in [3.8, 4) is 11.5 Å². The second-order valence-corrected chi connectivity index (χ2v) is 5.32. The Bertz CT molecular complexity index is 751. The van der Waals surface area contributed by atoms with Gasteiger partial charge in [-0.3, -0.25) is 10.1 Å². The Labute approximate surface area is 140 Å². The second-order valence-electron chi connectivity index (χ2n) is 5.32. The van der Waals surface area contributed by atoms with Crippen LogP contribution in [0.5, 0.6) is 11.5 Å². The van der Waals surface area contributed by atoms with E-state index < -0.39 is 4.92 Å². The largest absolute Gasteiger partial charge is 0.493 e. The van der Waals surface area contributed by atoms with Crippen molar-refractivity contribution in [3.63, 3.8) is 0 Å². The molecule has 0 saturated carbocycles. The van der Waals surface area contributed by atoms with Crippen LogP contribution in [0.2, 0.25) is 0 Å². The Morgan fingerprint density at radius 1 is 1.38 bits per heavy atom. The topological polar surface area (TPSA) is 87.6 Å². The SMILES string of the molecule is CC[C@@H](C)Oc1ccc(/C=C/c2onc(C)c2[N+](=O)[O-])cc1OC. The average Bonchev–Trinajstić information content (AvgIpc) is 2.94. The molecule has 1 aromatic carbocycles. The third-order valence-electron chi connectivity index (χ3n) is 3.56. The third kappa shape index (κ3) is 3.92. The van der Waals surface area contributed by atoms with E-state index in [4.69, 9.17) is 14.0 Å². The molecule has 24 heavy (non-hydrogen) atoms. The van der Waals surface area contributed by atoms with E-state index in [1.807, 2.05) is 26.0 Å².